The van der Waals surface area contributed by atoms with Crippen LogP contribution < -0.4 is 0 Å². The second-order valence-electron chi connectivity index (χ2n) is 4.00. The minimum Gasteiger partial charge on any atom is -0.366 e. The van der Waals surface area contributed by atoms with Gasteiger partial charge in [-0.3, -0.25) is 0 Å². The van der Waals surface area contributed by atoms with Crippen molar-refractivity contribution >= 4 is 0 Å². The largest absolute Gasteiger partial charge is 0.366 e. The first-order valence-corrected chi connectivity index (χ1v) is 5.13. The Labute approximate surface area is 85.4 Å². The van der Waals surface area contributed by atoms with E-state index < -0.39 is 0 Å². The first-order valence-electron chi connectivity index (χ1n) is 5.13. The molecule has 0 aromatic heterocycles. The second-order valence-corrected chi connectivity index (χ2v) is 4.00. The standard InChI is InChI=1S/C13H16O/c1-10-8-11(2)14-13(9-10)12-6-4-3-5-7-12/h3-7,9,11,13H,8H2,1-2H3/t11-,13-/m1/s1. The Morgan fingerprint density at radius 2 is 1.93 bits per heavy atom. The van der Waals surface area contributed by atoms with Crippen LogP contribution in [0.1, 0.15) is 31.9 Å². The molecule has 0 spiro atoms. The Kier molecular flexibility index (Phi) is 2.69. The van der Waals surface area contributed by atoms with Crippen molar-refractivity contribution in [3.8, 4) is 0 Å². The van der Waals surface area contributed by atoms with Crippen molar-refractivity contribution in [2.24, 2.45) is 0 Å². The Bertz CT molecular complexity index is 326. The molecular formula is C13H16O. The number of rotatable bonds is 1. The van der Waals surface area contributed by atoms with E-state index in [1.54, 1.807) is 0 Å². The third-order valence-corrected chi connectivity index (χ3v) is 2.55. The summed E-state index contributed by atoms with van der Waals surface area (Å²) in [7, 11) is 0. The quantitative estimate of drug-likeness (QED) is 0.613. The molecule has 0 N–H and O–H groups in total. The normalized spacial score (nSPS) is 27.1. The molecule has 0 amide bonds. The van der Waals surface area contributed by atoms with E-state index >= 15 is 0 Å². The molecule has 0 unspecified atom stereocenters. The van der Waals surface area contributed by atoms with Gasteiger partial charge in [0.05, 0.1) is 6.10 Å². The van der Waals surface area contributed by atoms with E-state index in [1.165, 1.54) is 11.1 Å². The molecule has 1 aliphatic heterocycles. The molecule has 0 aliphatic carbocycles. The van der Waals surface area contributed by atoms with Crippen molar-refractivity contribution in [3.05, 3.63) is 47.5 Å². The van der Waals surface area contributed by atoms with Gasteiger partial charge in [0.2, 0.25) is 0 Å². The van der Waals surface area contributed by atoms with E-state index in [2.05, 4.69) is 44.2 Å². The Hall–Kier alpha value is -1.08. The van der Waals surface area contributed by atoms with Crippen molar-refractivity contribution < 1.29 is 4.74 Å². The van der Waals surface area contributed by atoms with E-state index in [0.29, 0.717) is 6.10 Å². The summed E-state index contributed by atoms with van der Waals surface area (Å²) in [6.07, 6.45) is 3.77. The lowest BCUT2D eigenvalue weighted by atomic mass is 10.0. The fourth-order valence-electron chi connectivity index (χ4n) is 1.94. The van der Waals surface area contributed by atoms with E-state index in [0.717, 1.165) is 6.42 Å². The molecule has 1 heterocycles. The van der Waals surface area contributed by atoms with Crippen molar-refractivity contribution in [2.75, 3.05) is 0 Å². The number of hydrogen-bond donors (Lipinski definition) is 0. The molecule has 14 heavy (non-hydrogen) atoms. The fourth-order valence-corrected chi connectivity index (χ4v) is 1.94. The van der Waals surface area contributed by atoms with Gasteiger partial charge in [-0.2, -0.15) is 0 Å². The van der Waals surface area contributed by atoms with E-state index in [-0.39, 0.29) is 6.10 Å². The summed E-state index contributed by atoms with van der Waals surface area (Å²) in [5, 5.41) is 0. The zero-order valence-electron chi connectivity index (χ0n) is 8.73. The van der Waals surface area contributed by atoms with Gasteiger partial charge in [0.25, 0.3) is 0 Å². The molecule has 1 aliphatic rings. The van der Waals surface area contributed by atoms with Gasteiger partial charge in [0, 0.05) is 0 Å². The lowest BCUT2D eigenvalue weighted by molar-refractivity contribution is 0.0134. The van der Waals surface area contributed by atoms with Crippen molar-refractivity contribution in [3.63, 3.8) is 0 Å². The smallest absolute Gasteiger partial charge is 0.101 e. The average molecular weight is 188 g/mol. The van der Waals surface area contributed by atoms with Gasteiger partial charge in [-0.15, -0.1) is 0 Å². The molecule has 0 saturated carbocycles. The van der Waals surface area contributed by atoms with Gasteiger partial charge in [-0.1, -0.05) is 42.0 Å². The first-order chi connectivity index (χ1) is 6.75. The molecule has 1 aromatic carbocycles. The summed E-state index contributed by atoms with van der Waals surface area (Å²) in [5.41, 5.74) is 2.68. The maximum absolute atomic E-state index is 5.87. The van der Waals surface area contributed by atoms with Crippen LogP contribution in [0.3, 0.4) is 0 Å². The molecule has 1 nitrogen and oxygen atoms in total. The van der Waals surface area contributed by atoms with E-state index in [9.17, 15) is 0 Å². The highest BCUT2D eigenvalue weighted by molar-refractivity contribution is 5.24. The second kappa shape index (κ2) is 3.97. The predicted octanol–water partition coefficient (Wildman–Crippen LogP) is 3.48. The molecule has 2 atom stereocenters. The van der Waals surface area contributed by atoms with Crippen LogP contribution in [-0.2, 0) is 4.74 Å². The van der Waals surface area contributed by atoms with Gasteiger partial charge in [0.15, 0.2) is 0 Å². The molecule has 0 bridgehead atoms. The summed E-state index contributed by atoms with van der Waals surface area (Å²) < 4.78 is 5.87. The first kappa shape index (κ1) is 9.47. The molecule has 1 aromatic rings. The fraction of sp³-hybridized carbons (Fsp3) is 0.385. The number of benzene rings is 1. The summed E-state index contributed by atoms with van der Waals surface area (Å²) in [5.74, 6) is 0. The molecule has 0 saturated heterocycles. The van der Waals surface area contributed by atoms with Crippen LogP contribution in [0.4, 0.5) is 0 Å². The van der Waals surface area contributed by atoms with E-state index in [4.69, 9.17) is 4.74 Å². The number of hydrogen-bond acceptors (Lipinski definition) is 1. The third-order valence-electron chi connectivity index (χ3n) is 2.55. The monoisotopic (exact) mass is 188 g/mol. The van der Waals surface area contributed by atoms with Crippen LogP contribution >= 0.6 is 0 Å². The maximum Gasteiger partial charge on any atom is 0.101 e. The summed E-state index contributed by atoms with van der Waals surface area (Å²) in [6, 6.07) is 10.4. The molecule has 2 rings (SSSR count). The molecule has 1 heteroatoms. The summed E-state index contributed by atoms with van der Waals surface area (Å²) >= 11 is 0. The highest BCUT2D eigenvalue weighted by Gasteiger charge is 2.18. The SMILES string of the molecule is CC1=C[C@H](c2ccccc2)O[C@H](C)C1. The van der Waals surface area contributed by atoms with Gasteiger partial charge in [0.1, 0.15) is 6.10 Å². The number of ether oxygens (including phenoxy) is 1. The van der Waals surface area contributed by atoms with Crippen LogP contribution in [-0.4, -0.2) is 6.10 Å². The van der Waals surface area contributed by atoms with E-state index in [1.807, 2.05) is 6.07 Å². The Balaban J connectivity index is 2.23. The minimum absolute atomic E-state index is 0.153. The van der Waals surface area contributed by atoms with Crippen LogP contribution in [0.2, 0.25) is 0 Å². The van der Waals surface area contributed by atoms with Crippen LogP contribution in [0, 0.1) is 0 Å². The summed E-state index contributed by atoms with van der Waals surface area (Å²) in [6.45, 7) is 4.31. The van der Waals surface area contributed by atoms with Gasteiger partial charge >= 0.3 is 0 Å². The minimum atomic E-state index is 0.153. The maximum atomic E-state index is 5.87. The van der Waals surface area contributed by atoms with Crippen LogP contribution in [0.25, 0.3) is 0 Å². The highest BCUT2D eigenvalue weighted by atomic mass is 16.5. The van der Waals surface area contributed by atoms with Gasteiger partial charge < -0.3 is 4.74 Å². The van der Waals surface area contributed by atoms with Gasteiger partial charge in [-0.05, 0) is 25.8 Å². The molecular weight excluding hydrogens is 172 g/mol. The average Bonchev–Trinajstić information content (AvgIpc) is 2.18. The lowest BCUT2D eigenvalue weighted by Gasteiger charge is -2.26. The third kappa shape index (κ3) is 2.05. The van der Waals surface area contributed by atoms with Crippen LogP contribution in [0.5, 0.6) is 0 Å². The van der Waals surface area contributed by atoms with Crippen molar-refractivity contribution in [1.82, 2.24) is 0 Å². The highest BCUT2D eigenvalue weighted by Crippen LogP contribution is 2.28. The Morgan fingerprint density at radius 1 is 1.21 bits per heavy atom. The zero-order chi connectivity index (χ0) is 9.97. The van der Waals surface area contributed by atoms with Crippen molar-refractivity contribution in [2.45, 2.75) is 32.5 Å². The zero-order valence-corrected chi connectivity index (χ0v) is 8.73. The van der Waals surface area contributed by atoms with Gasteiger partial charge in [-0.25, -0.2) is 0 Å². The molecule has 0 radical (unpaired) electrons. The topological polar surface area (TPSA) is 9.23 Å². The molecule has 74 valence electrons. The predicted molar refractivity (Wildman–Crippen MR) is 58.1 cm³/mol. The van der Waals surface area contributed by atoms with Crippen LogP contribution in [0.15, 0.2) is 42.0 Å². The Morgan fingerprint density at radius 3 is 2.57 bits per heavy atom. The summed E-state index contributed by atoms with van der Waals surface area (Å²) in [4.78, 5) is 0. The lowest BCUT2D eigenvalue weighted by Crippen LogP contribution is -2.17. The van der Waals surface area contributed by atoms with Crippen molar-refractivity contribution in [1.29, 1.82) is 0 Å². The molecule has 0 fully saturated rings.